The summed E-state index contributed by atoms with van der Waals surface area (Å²) in [7, 11) is -1.84. The fourth-order valence-corrected chi connectivity index (χ4v) is 4.30. The average Bonchev–Trinajstić information content (AvgIpc) is 2.84. The predicted octanol–water partition coefficient (Wildman–Crippen LogP) is 5.55. The number of benzene rings is 2. The van der Waals surface area contributed by atoms with Crippen LogP contribution < -0.4 is 5.32 Å². The highest BCUT2D eigenvalue weighted by Gasteiger charge is 2.33. The van der Waals surface area contributed by atoms with Gasteiger partial charge in [0.2, 0.25) is 0 Å². The van der Waals surface area contributed by atoms with Gasteiger partial charge >= 0.3 is 18.0 Å². The zero-order valence-electron chi connectivity index (χ0n) is 23.9. The van der Waals surface area contributed by atoms with Crippen molar-refractivity contribution in [3.8, 4) is 0 Å². The van der Waals surface area contributed by atoms with Gasteiger partial charge in [0.15, 0.2) is 8.32 Å². The Bertz CT molecular complexity index is 1130. The van der Waals surface area contributed by atoms with E-state index in [2.05, 4.69) is 5.32 Å². The maximum Gasteiger partial charge on any atom is 0.408 e. The first-order chi connectivity index (χ1) is 18.6. The molecule has 220 valence electrons. The molecule has 2 aromatic carbocycles. The predicted molar refractivity (Wildman–Crippen MR) is 148 cm³/mol. The third-order valence-electron chi connectivity index (χ3n) is 5.40. The van der Waals surface area contributed by atoms with Crippen LogP contribution in [0, 0.1) is 17.6 Å². The van der Waals surface area contributed by atoms with Crippen molar-refractivity contribution in [2.45, 2.75) is 71.5 Å². The molecule has 0 saturated heterocycles. The van der Waals surface area contributed by atoms with Crippen molar-refractivity contribution in [2.75, 3.05) is 13.2 Å². The normalized spacial score (nSPS) is 13.2. The number of esters is 2. The van der Waals surface area contributed by atoms with Gasteiger partial charge in [-0.2, -0.15) is 0 Å². The minimum Gasteiger partial charge on any atom is -0.462 e. The Labute approximate surface area is 235 Å². The van der Waals surface area contributed by atoms with Crippen LogP contribution in [0.1, 0.15) is 38.3 Å². The molecule has 2 atom stereocenters. The molecular weight excluding hydrogens is 540 g/mol. The second-order valence-corrected chi connectivity index (χ2v) is 15.8. The van der Waals surface area contributed by atoms with Crippen LogP contribution >= 0.6 is 0 Å². The summed E-state index contributed by atoms with van der Waals surface area (Å²) in [6, 6.07) is 10.6. The molecule has 0 unspecified atom stereocenters. The Balaban J connectivity index is 2.26. The first-order valence-electron chi connectivity index (χ1n) is 13.1. The lowest BCUT2D eigenvalue weighted by Gasteiger charge is -2.25. The Morgan fingerprint density at radius 2 is 1.60 bits per heavy atom. The van der Waals surface area contributed by atoms with E-state index in [1.54, 1.807) is 45.0 Å². The minimum absolute atomic E-state index is 0.0509. The molecule has 2 rings (SSSR count). The van der Waals surface area contributed by atoms with E-state index in [0.717, 1.165) is 11.6 Å². The fraction of sp³-hybridized carbons (Fsp3) is 0.483. The monoisotopic (exact) mass is 579 g/mol. The number of amides is 1. The van der Waals surface area contributed by atoms with Crippen LogP contribution in [0.25, 0.3) is 0 Å². The standard InChI is InChI=1S/C29H39F2NO7Si/c1-29(2,3)39-28(35)32-25(27(34)36-14-15-38-40(4,5)6)17-22(16-21-12-13-23(30)18-24(21)31)26(33)37-19-20-10-8-7-9-11-20/h7-13,18,22,25H,14-17,19H2,1-6H3,(H,32,35)/t22-,25-/m0/s1. The summed E-state index contributed by atoms with van der Waals surface area (Å²) in [6.45, 7) is 11.0. The summed E-state index contributed by atoms with van der Waals surface area (Å²) in [6.07, 6.45) is -1.38. The number of alkyl carbamates (subject to hydrolysis) is 1. The molecule has 0 fully saturated rings. The van der Waals surface area contributed by atoms with E-state index >= 15 is 0 Å². The van der Waals surface area contributed by atoms with Crippen molar-refractivity contribution in [2.24, 2.45) is 5.92 Å². The van der Waals surface area contributed by atoms with Gasteiger partial charge in [0.1, 0.15) is 36.5 Å². The lowest BCUT2D eigenvalue weighted by Crippen LogP contribution is -2.46. The number of hydrogen-bond donors (Lipinski definition) is 1. The zero-order valence-corrected chi connectivity index (χ0v) is 24.9. The molecule has 0 radical (unpaired) electrons. The highest BCUT2D eigenvalue weighted by molar-refractivity contribution is 6.69. The number of halogens is 2. The van der Waals surface area contributed by atoms with Gasteiger partial charge in [-0.05, 0) is 70.4 Å². The molecular formula is C29H39F2NO7Si. The van der Waals surface area contributed by atoms with Gasteiger partial charge in [0.25, 0.3) is 0 Å². The highest BCUT2D eigenvalue weighted by Crippen LogP contribution is 2.21. The van der Waals surface area contributed by atoms with E-state index in [9.17, 15) is 23.2 Å². The number of rotatable bonds is 13. The SMILES string of the molecule is CC(C)(C)OC(=O)N[C@@H](C[C@H](Cc1ccc(F)cc1F)C(=O)OCc1ccccc1)C(=O)OCCO[Si](C)(C)C. The van der Waals surface area contributed by atoms with Crippen LogP contribution in [0.2, 0.25) is 19.6 Å². The van der Waals surface area contributed by atoms with Crippen LogP contribution in [-0.4, -0.2) is 51.2 Å². The van der Waals surface area contributed by atoms with Crippen molar-refractivity contribution in [1.29, 1.82) is 0 Å². The first-order valence-corrected chi connectivity index (χ1v) is 16.5. The van der Waals surface area contributed by atoms with E-state index in [4.69, 9.17) is 18.6 Å². The first kappa shape index (κ1) is 32.9. The topological polar surface area (TPSA) is 100 Å². The van der Waals surface area contributed by atoms with Crippen LogP contribution in [0.3, 0.4) is 0 Å². The second-order valence-electron chi connectivity index (χ2n) is 11.3. The molecule has 0 bridgehead atoms. The Hall–Kier alpha value is -3.31. The van der Waals surface area contributed by atoms with E-state index in [0.29, 0.717) is 6.07 Å². The van der Waals surface area contributed by atoms with Gasteiger partial charge in [0, 0.05) is 6.07 Å². The minimum atomic E-state index is -1.84. The molecule has 0 heterocycles. The van der Waals surface area contributed by atoms with Crippen LogP contribution in [-0.2, 0) is 41.3 Å². The third kappa shape index (κ3) is 12.7. The number of carbonyl (C=O) groups excluding carboxylic acids is 3. The summed E-state index contributed by atoms with van der Waals surface area (Å²) in [5.41, 5.74) is -0.0709. The van der Waals surface area contributed by atoms with E-state index in [1.165, 1.54) is 6.07 Å². The molecule has 2 aromatic rings. The summed E-state index contributed by atoms with van der Waals surface area (Å²) >= 11 is 0. The van der Waals surface area contributed by atoms with Gasteiger partial charge in [0.05, 0.1) is 12.5 Å². The van der Waals surface area contributed by atoms with E-state index < -0.39 is 55.5 Å². The van der Waals surface area contributed by atoms with Crippen molar-refractivity contribution < 1.29 is 41.8 Å². The lowest BCUT2D eigenvalue weighted by atomic mass is 9.92. The van der Waals surface area contributed by atoms with Gasteiger partial charge in [-0.1, -0.05) is 36.4 Å². The number of carbonyl (C=O) groups is 3. The summed E-state index contributed by atoms with van der Waals surface area (Å²) in [4.78, 5) is 38.8. The third-order valence-corrected chi connectivity index (χ3v) is 6.47. The van der Waals surface area contributed by atoms with Crippen LogP contribution in [0.15, 0.2) is 48.5 Å². The Morgan fingerprint density at radius 3 is 2.20 bits per heavy atom. The molecule has 0 aliphatic carbocycles. The van der Waals surface area contributed by atoms with E-state index in [1.807, 2.05) is 25.7 Å². The molecule has 8 nitrogen and oxygen atoms in total. The van der Waals surface area contributed by atoms with Gasteiger partial charge in [-0.3, -0.25) is 4.79 Å². The second kappa shape index (κ2) is 14.9. The maximum atomic E-state index is 14.5. The van der Waals surface area contributed by atoms with Crippen molar-refractivity contribution in [3.63, 3.8) is 0 Å². The molecule has 0 aliphatic rings. The van der Waals surface area contributed by atoms with Crippen LogP contribution in [0.5, 0.6) is 0 Å². The van der Waals surface area contributed by atoms with Crippen molar-refractivity contribution in [1.82, 2.24) is 5.32 Å². The summed E-state index contributed by atoms with van der Waals surface area (Å²) < 4.78 is 49.9. The highest BCUT2D eigenvalue weighted by atomic mass is 28.4. The van der Waals surface area contributed by atoms with Crippen LogP contribution in [0.4, 0.5) is 13.6 Å². The molecule has 0 aliphatic heterocycles. The summed E-state index contributed by atoms with van der Waals surface area (Å²) in [5.74, 6) is -4.24. The maximum absolute atomic E-state index is 14.5. The van der Waals surface area contributed by atoms with Crippen molar-refractivity contribution in [3.05, 3.63) is 71.3 Å². The molecule has 1 amide bonds. The number of nitrogens with one attached hydrogen (secondary N) is 1. The fourth-order valence-electron chi connectivity index (χ4n) is 3.60. The smallest absolute Gasteiger partial charge is 0.408 e. The molecule has 11 heteroatoms. The zero-order chi connectivity index (χ0) is 29.9. The summed E-state index contributed by atoms with van der Waals surface area (Å²) in [5, 5.41) is 2.47. The quantitative estimate of drug-likeness (QED) is 0.144. The number of hydrogen-bond acceptors (Lipinski definition) is 7. The molecule has 1 N–H and O–H groups in total. The molecule has 0 spiro atoms. The molecule has 0 aromatic heterocycles. The van der Waals surface area contributed by atoms with Crippen molar-refractivity contribution >= 4 is 26.3 Å². The van der Waals surface area contributed by atoms with Gasteiger partial charge in [-0.15, -0.1) is 0 Å². The Morgan fingerprint density at radius 1 is 0.925 bits per heavy atom. The van der Waals surface area contributed by atoms with Gasteiger partial charge in [-0.25, -0.2) is 18.4 Å². The lowest BCUT2D eigenvalue weighted by molar-refractivity contribution is -0.152. The van der Waals surface area contributed by atoms with E-state index in [-0.39, 0.29) is 38.2 Å². The van der Waals surface area contributed by atoms with Gasteiger partial charge < -0.3 is 24.0 Å². The average molecular weight is 580 g/mol. The largest absolute Gasteiger partial charge is 0.462 e. The molecule has 40 heavy (non-hydrogen) atoms. The Kier molecular flexibility index (Phi) is 12.3. The molecule has 0 saturated carbocycles. The number of ether oxygens (including phenoxy) is 3.